The van der Waals surface area contributed by atoms with Crippen LogP contribution < -0.4 is 20.7 Å². The number of morpholine rings is 1. The topological polar surface area (TPSA) is 117 Å². The van der Waals surface area contributed by atoms with Crippen molar-refractivity contribution >= 4 is 23.6 Å². The Bertz CT molecular complexity index is 913. The van der Waals surface area contributed by atoms with Crippen LogP contribution in [0.4, 0.5) is 11.5 Å². The van der Waals surface area contributed by atoms with Crippen molar-refractivity contribution in [2.24, 2.45) is 0 Å². The molecule has 1 amide bonds. The molecule has 2 heterocycles. The average molecular weight is 515 g/mol. The lowest BCUT2D eigenvalue weighted by Gasteiger charge is -2.26. The zero-order chi connectivity index (χ0) is 27.5. The van der Waals surface area contributed by atoms with Crippen LogP contribution in [0.15, 0.2) is 36.4 Å². The molecule has 0 bridgehead atoms. The van der Waals surface area contributed by atoms with Crippen LogP contribution in [0.1, 0.15) is 56.5 Å². The van der Waals surface area contributed by atoms with Crippen molar-refractivity contribution in [1.29, 1.82) is 5.41 Å². The molecule has 9 heteroatoms. The second-order valence-electron chi connectivity index (χ2n) is 8.23. The molecule has 0 radical (unpaired) electrons. The van der Waals surface area contributed by atoms with Crippen molar-refractivity contribution in [2.75, 3.05) is 70.2 Å². The van der Waals surface area contributed by atoms with E-state index in [9.17, 15) is 4.79 Å². The standard InChI is InChI=1S/C17H30N4O2.C9H10N2O.C2H6/c1-3-5-21(6-4-2)15-13-16(18)19-17(14-15)23-12-9-20-7-10-22-11-8-20;1-11-9(12)8-4-2-3-7(5-8)6-10;1-2/h13-14H,3-12H2,1-2H3,(H2,18,19);2-6,10H,1H3,(H,11,12);1-2H3. The van der Waals surface area contributed by atoms with Gasteiger partial charge in [0.1, 0.15) is 12.4 Å². The number of hydrogen-bond acceptors (Lipinski definition) is 8. The fourth-order valence-corrected chi connectivity index (χ4v) is 3.70. The first-order chi connectivity index (χ1) is 18.0. The summed E-state index contributed by atoms with van der Waals surface area (Å²) >= 11 is 0. The normalized spacial score (nSPS) is 12.8. The van der Waals surface area contributed by atoms with Crippen LogP contribution in [-0.4, -0.2) is 81.6 Å². The van der Waals surface area contributed by atoms with E-state index < -0.39 is 0 Å². The average Bonchev–Trinajstić information content (AvgIpc) is 2.94. The first kappa shape index (κ1) is 31.9. The lowest BCUT2D eigenvalue weighted by Crippen LogP contribution is -2.38. The first-order valence-corrected chi connectivity index (χ1v) is 13.3. The van der Waals surface area contributed by atoms with Gasteiger partial charge in [-0.3, -0.25) is 9.69 Å². The van der Waals surface area contributed by atoms with Gasteiger partial charge in [-0.25, -0.2) is 0 Å². The Balaban J connectivity index is 0.000000411. The molecule has 1 aromatic carbocycles. The smallest absolute Gasteiger partial charge is 0.251 e. The molecule has 2 aromatic rings. The molecule has 0 spiro atoms. The van der Waals surface area contributed by atoms with Gasteiger partial charge in [-0.1, -0.05) is 39.8 Å². The van der Waals surface area contributed by atoms with Crippen LogP contribution in [0.3, 0.4) is 0 Å². The molecule has 9 nitrogen and oxygen atoms in total. The second kappa shape index (κ2) is 19.0. The Labute approximate surface area is 222 Å². The Morgan fingerprint density at radius 2 is 1.86 bits per heavy atom. The fraction of sp³-hybridized carbons (Fsp3) is 0.536. The highest BCUT2D eigenvalue weighted by atomic mass is 16.5. The number of nitrogens with one attached hydrogen (secondary N) is 2. The molecule has 0 atom stereocenters. The van der Waals surface area contributed by atoms with Crippen LogP contribution in [0.5, 0.6) is 5.88 Å². The largest absolute Gasteiger partial charge is 0.476 e. The van der Waals surface area contributed by atoms with Crippen LogP contribution in [0.25, 0.3) is 0 Å². The van der Waals surface area contributed by atoms with Crippen LogP contribution in [0, 0.1) is 5.41 Å². The molecule has 0 unspecified atom stereocenters. The van der Waals surface area contributed by atoms with Gasteiger partial charge in [-0.2, -0.15) is 4.98 Å². The second-order valence-corrected chi connectivity index (χ2v) is 8.23. The molecule has 3 rings (SSSR count). The first-order valence-electron chi connectivity index (χ1n) is 13.3. The molecule has 1 saturated heterocycles. The number of amides is 1. The number of nitrogens with zero attached hydrogens (tertiary/aromatic N) is 3. The number of anilines is 2. The lowest BCUT2D eigenvalue weighted by atomic mass is 10.1. The summed E-state index contributed by atoms with van der Waals surface area (Å²) in [6.45, 7) is 15.5. The van der Waals surface area contributed by atoms with Gasteiger partial charge in [-0.05, 0) is 30.5 Å². The number of carbonyl (C=O) groups excluding carboxylic acids is 1. The molecule has 4 N–H and O–H groups in total. The highest BCUT2D eigenvalue weighted by Crippen LogP contribution is 2.23. The zero-order valence-electron chi connectivity index (χ0n) is 23.3. The predicted molar refractivity (Wildman–Crippen MR) is 153 cm³/mol. The van der Waals surface area contributed by atoms with Crippen molar-refractivity contribution in [3.63, 3.8) is 0 Å². The Kier molecular flexibility index (Phi) is 16.4. The van der Waals surface area contributed by atoms with E-state index in [2.05, 4.69) is 33.9 Å². The maximum atomic E-state index is 11.1. The maximum absolute atomic E-state index is 11.1. The molecule has 37 heavy (non-hydrogen) atoms. The third kappa shape index (κ3) is 12.1. The molecule has 1 aliphatic heterocycles. The number of nitrogens with two attached hydrogens (primary N) is 1. The van der Waals surface area contributed by atoms with Gasteiger partial charge in [0, 0.05) is 69.4 Å². The quantitative estimate of drug-likeness (QED) is 0.387. The SMILES string of the molecule is CC.CCCN(CCC)c1cc(N)nc(OCCN2CCOCC2)c1.CNC(=O)c1cccc(C=N)c1. The minimum Gasteiger partial charge on any atom is -0.476 e. The molecular formula is C28H46N6O3. The van der Waals surface area contributed by atoms with E-state index in [0.29, 0.717) is 23.9 Å². The summed E-state index contributed by atoms with van der Waals surface area (Å²) < 4.78 is 11.2. The number of carbonyl (C=O) groups is 1. The molecule has 1 fully saturated rings. The molecule has 0 saturated carbocycles. The minimum atomic E-state index is -0.126. The van der Waals surface area contributed by atoms with Crippen molar-refractivity contribution < 1.29 is 14.3 Å². The van der Waals surface area contributed by atoms with Gasteiger partial charge in [0.05, 0.1) is 13.2 Å². The van der Waals surface area contributed by atoms with Crippen molar-refractivity contribution in [1.82, 2.24) is 15.2 Å². The van der Waals surface area contributed by atoms with Crippen LogP contribution in [-0.2, 0) is 4.74 Å². The van der Waals surface area contributed by atoms with E-state index in [4.69, 9.17) is 20.6 Å². The van der Waals surface area contributed by atoms with Gasteiger partial charge < -0.3 is 30.8 Å². The lowest BCUT2D eigenvalue weighted by molar-refractivity contribution is 0.0320. The highest BCUT2D eigenvalue weighted by molar-refractivity contribution is 5.95. The van der Waals surface area contributed by atoms with Gasteiger partial charge in [0.25, 0.3) is 5.91 Å². The van der Waals surface area contributed by atoms with Crippen molar-refractivity contribution in [3.8, 4) is 5.88 Å². The van der Waals surface area contributed by atoms with E-state index in [0.717, 1.165) is 70.0 Å². The van der Waals surface area contributed by atoms with E-state index in [1.54, 1.807) is 31.3 Å². The fourth-order valence-electron chi connectivity index (χ4n) is 3.70. The summed E-state index contributed by atoms with van der Waals surface area (Å²) in [5, 5.41) is 9.50. The van der Waals surface area contributed by atoms with E-state index in [1.807, 2.05) is 26.0 Å². The number of pyridine rings is 1. The van der Waals surface area contributed by atoms with E-state index >= 15 is 0 Å². The van der Waals surface area contributed by atoms with Gasteiger partial charge in [0.15, 0.2) is 0 Å². The summed E-state index contributed by atoms with van der Waals surface area (Å²) in [5.41, 5.74) is 8.37. The van der Waals surface area contributed by atoms with E-state index in [-0.39, 0.29) is 5.91 Å². The Morgan fingerprint density at radius 1 is 1.19 bits per heavy atom. The van der Waals surface area contributed by atoms with E-state index in [1.165, 1.54) is 6.21 Å². The predicted octanol–water partition coefficient (Wildman–Crippen LogP) is 4.07. The number of hydrogen-bond donors (Lipinski definition) is 3. The minimum absolute atomic E-state index is 0.126. The van der Waals surface area contributed by atoms with Gasteiger partial charge in [0.2, 0.25) is 5.88 Å². The number of benzene rings is 1. The number of ether oxygens (including phenoxy) is 2. The van der Waals surface area contributed by atoms with Gasteiger partial charge in [-0.15, -0.1) is 0 Å². The molecular weight excluding hydrogens is 468 g/mol. The third-order valence-electron chi connectivity index (χ3n) is 5.46. The zero-order valence-corrected chi connectivity index (χ0v) is 23.3. The number of nitrogen functional groups attached to an aromatic ring is 1. The summed E-state index contributed by atoms with van der Waals surface area (Å²) in [4.78, 5) is 20.1. The maximum Gasteiger partial charge on any atom is 0.251 e. The molecule has 0 aliphatic carbocycles. The molecule has 1 aromatic heterocycles. The van der Waals surface area contributed by atoms with Crippen molar-refractivity contribution in [3.05, 3.63) is 47.5 Å². The number of aromatic nitrogens is 1. The Morgan fingerprint density at radius 3 is 2.46 bits per heavy atom. The Hall–Kier alpha value is -3.17. The van der Waals surface area contributed by atoms with Crippen LogP contribution >= 0.6 is 0 Å². The highest BCUT2D eigenvalue weighted by Gasteiger charge is 2.12. The van der Waals surface area contributed by atoms with Crippen molar-refractivity contribution in [2.45, 2.75) is 40.5 Å². The summed E-state index contributed by atoms with van der Waals surface area (Å²) in [6.07, 6.45) is 3.43. The molecule has 206 valence electrons. The monoisotopic (exact) mass is 514 g/mol. The third-order valence-corrected chi connectivity index (χ3v) is 5.46. The summed E-state index contributed by atoms with van der Waals surface area (Å²) in [6, 6.07) is 10.9. The molecule has 1 aliphatic rings. The summed E-state index contributed by atoms with van der Waals surface area (Å²) in [7, 11) is 1.58. The summed E-state index contributed by atoms with van der Waals surface area (Å²) in [5.74, 6) is 1.00. The number of rotatable bonds is 11. The van der Waals surface area contributed by atoms with Crippen LogP contribution in [0.2, 0.25) is 0 Å². The van der Waals surface area contributed by atoms with Gasteiger partial charge >= 0.3 is 0 Å².